The molecule has 0 aromatic rings. The molecule has 2 aliphatic rings. The second-order valence-electron chi connectivity index (χ2n) is 6.40. The monoisotopic (exact) mass is 330 g/mol. The van der Waals surface area contributed by atoms with Crippen LogP contribution in [0.1, 0.15) is 20.3 Å². The zero-order chi connectivity index (χ0) is 17.3. The summed E-state index contributed by atoms with van der Waals surface area (Å²) in [4.78, 5) is 0. The summed E-state index contributed by atoms with van der Waals surface area (Å²) in [5, 5.41) is 54.5. The van der Waals surface area contributed by atoms with Crippen molar-refractivity contribution in [1.29, 1.82) is 0 Å². The quantitative estimate of drug-likeness (QED) is 0.317. The maximum absolute atomic E-state index is 9.55. The van der Waals surface area contributed by atoms with Crippen molar-refractivity contribution in [3.05, 3.63) is 0 Å². The van der Waals surface area contributed by atoms with Gasteiger partial charge in [-0.2, -0.15) is 11.8 Å². The van der Waals surface area contributed by atoms with E-state index in [1.165, 1.54) is 25.6 Å². The van der Waals surface area contributed by atoms with Crippen LogP contribution in [0.2, 0.25) is 5.82 Å². The van der Waals surface area contributed by atoms with E-state index in [-0.39, 0.29) is 24.4 Å². The van der Waals surface area contributed by atoms with E-state index < -0.39 is 34.4 Å². The van der Waals surface area contributed by atoms with Gasteiger partial charge in [0, 0.05) is 12.5 Å². The Kier molecular flexibility index (Phi) is 6.84. The first kappa shape index (κ1) is 20.3. The molecule has 0 bridgehead atoms. The van der Waals surface area contributed by atoms with Crippen LogP contribution in [0.4, 0.5) is 0 Å². The molecule has 124 valence electrons. The van der Waals surface area contributed by atoms with Gasteiger partial charge < -0.3 is 30.6 Å². The van der Waals surface area contributed by atoms with Gasteiger partial charge in [-0.3, -0.25) is 0 Å². The fraction of sp³-hybridized carbons (Fsp3) is 1.00. The van der Waals surface area contributed by atoms with Gasteiger partial charge in [0.15, 0.2) is 0 Å². The normalized spacial score (nSPS) is 51.5. The zero-order valence-electron chi connectivity index (χ0n) is 12.8. The molecule has 6 N–H and O–H groups in total. The predicted octanol–water partition coefficient (Wildman–Crippen LogP) is -2.23. The van der Waals surface area contributed by atoms with Crippen molar-refractivity contribution in [3.8, 4) is 0 Å². The average molecular weight is 330 g/mol. The molecule has 2 rings (SSSR count). The van der Waals surface area contributed by atoms with Crippen LogP contribution in [0.3, 0.4) is 0 Å². The van der Waals surface area contributed by atoms with Crippen molar-refractivity contribution >= 4 is 27.5 Å². The number of hydrogen-bond donors (Lipinski definition) is 6. The van der Waals surface area contributed by atoms with Crippen LogP contribution in [-0.4, -0.2) is 93.4 Å². The Bertz CT molecular complexity index is 336. The summed E-state index contributed by atoms with van der Waals surface area (Å²) in [7, 11) is 11.1. The summed E-state index contributed by atoms with van der Waals surface area (Å²) in [5.41, 5.74) is -2.52. The summed E-state index contributed by atoms with van der Waals surface area (Å²) < 4.78 is 0. The minimum Gasteiger partial charge on any atom is -0.396 e. The Morgan fingerprint density at radius 3 is 1.73 bits per heavy atom. The number of aliphatic hydroxyl groups excluding tert-OH is 4. The summed E-state index contributed by atoms with van der Waals surface area (Å²) in [6, 6.07) is 0. The van der Waals surface area contributed by atoms with Gasteiger partial charge in [0.2, 0.25) is 0 Å². The first-order valence-electron chi connectivity index (χ1n) is 7.19. The van der Waals surface area contributed by atoms with Crippen LogP contribution in [-0.2, 0) is 0 Å². The highest BCUT2D eigenvalue weighted by molar-refractivity contribution is 8.02. The highest BCUT2D eigenvalue weighted by Gasteiger charge is 2.48. The smallest absolute Gasteiger partial charge is 0.0967 e. The molecule has 9 heteroatoms. The Balaban J connectivity index is 0.000000220. The maximum atomic E-state index is 9.55. The molecule has 0 aromatic heterocycles. The first-order chi connectivity index (χ1) is 9.99. The number of thioether (sulfide) groups is 1. The van der Waals surface area contributed by atoms with Crippen molar-refractivity contribution in [2.24, 2.45) is 5.92 Å². The van der Waals surface area contributed by atoms with Gasteiger partial charge in [-0.15, -0.1) is 0 Å². The van der Waals surface area contributed by atoms with Crippen molar-refractivity contribution in [2.45, 2.75) is 59.9 Å². The molecule has 1 aliphatic heterocycles. The Morgan fingerprint density at radius 1 is 1.00 bits per heavy atom. The Hall–Kier alpha value is 0.240. The highest BCUT2D eigenvalue weighted by Crippen LogP contribution is 2.41. The standard InChI is InChI=1S/C7H13BO3.C6H11BO3S/c1-7(11)5(8)2-4(3-9)6(7)10;1-6(10)4(9)3(2-8)11-5(6)7/h4-6,9-11H,2-3H2,1H3;3-5,8-10H,2H2,1H3/t4-,5-,6-,7+;3-,4-,5-,6-/m11/s1. The Labute approximate surface area is 137 Å². The second kappa shape index (κ2) is 7.42. The van der Waals surface area contributed by atoms with Crippen LogP contribution in [0.15, 0.2) is 0 Å². The molecule has 4 radical (unpaired) electrons. The lowest BCUT2D eigenvalue weighted by atomic mass is 9.76. The molecule has 1 saturated carbocycles. The lowest BCUT2D eigenvalue weighted by Gasteiger charge is -2.27. The molecular formula is C13H24B2O6S. The molecule has 0 aromatic carbocycles. The number of rotatable bonds is 2. The third-order valence-electron chi connectivity index (χ3n) is 4.62. The summed E-state index contributed by atoms with van der Waals surface area (Å²) in [6.45, 7) is 2.70. The average Bonchev–Trinajstić information content (AvgIpc) is 2.78. The van der Waals surface area contributed by atoms with Gasteiger partial charge in [-0.25, -0.2) is 0 Å². The van der Waals surface area contributed by atoms with Gasteiger partial charge in [0.05, 0.1) is 51.0 Å². The van der Waals surface area contributed by atoms with E-state index in [9.17, 15) is 20.4 Å². The molecule has 0 amide bonds. The van der Waals surface area contributed by atoms with Crippen LogP contribution in [0, 0.1) is 5.92 Å². The molecule has 0 unspecified atom stereocenters. The van der Waals surface area contributed by atoms with Gasteiger partial charge in [-0.05, 0) is 31.2 Å². The second-order valence-corrected chi connectivity index (χ2v) is 7.79. The molecular weight excluding hydrogens is 306 g/mol. The van der Waals surface area contributed by atoms with Gasteiger partial charge in [0.1, 0.15) is 0 Å². The maximum Gasteiger partial charge on any atom is 0.0967 e. The fourth-order valence-corrected chi connectivity index (χ4v) is 3.95. The topological polar surface area (TPSA) is 121 Å². The van der Waals surface area contributed by atoms with Gasteiger partial charge >= 0.3 is 0 Å². The third kappa shape index (κ3) is 3.83. The molecule has 1 heterocycles. The van der Waals surface area contributed by atoms with Gasteiger partial charge in [-0.1, -0.05) is 0 Å². The van der Waals surface area contributed by atoms with E-state index in [4.69, 9.17) is 25.9 Å². The highest BCUT2D eigenvalue weighted by atomic mass is 32.2. The van der Waals surface area contributed by atoms with E-state index in [2.05, 4.69) is 0 Å². The van der Waals surface area contributed by atoms with Crippen LogP contribution < -0.4 is 0 Å². The molecule has 8 atom stereocenters. The first-order valence-corrected chi connectivity index (χ1v) is 8.13. The van der Waals surface area contributed by atoms with Crippen LogP contribution >= 0.6 is 11.8 Å². The SMILES string of the molecule is [B][C@@H]1C[C@H](CO)[C@@H](O)[C@@]1(C)O.[B][C@@H]1S[C@H](CO)[C@@H](O)[C@@]1(C)O. The van der Waals surface area contributed by atoms with E-state index in [1.807, 2.05) is 0 Å². The summed E-state index contributed by atoms with van der Waals surface area (Å²) >= 11 is 1.21. The number of hydrogen-bond acceptors (Lipinski definition) is 7. The van der Waals surface area contributed by atoms with E-state index in [0.29, 0.717) is 6.42 Å². The molecule has 0 spiro atoms. The van der Waals surface area contributed by atoms with E-state index >= 15 is 0 Å². The number of aliphatic hydroxyl groups is 6. The van der Waals surface area contributed by atoms with Crippen molar-refractivity contribution in [3.63, 3.8) is 0 Å². The molecule has 1 saturated heterocycles. The molecule has 2 fully saturated rings. The summed E-state index contributed by atoms with van der Waals surface area (Å²) in [6.07, 6.45) is -1.36. The van der Waals surface area contributed by atoms with Crippen molar-refractivity contribution < 1.29 is 30.6 Å². The third-order valence-corrected chi connectivity index (χ3v) is 6.14. The van der Waals surface area contributed by atoms with Gasteiger partial charge in [0.25, 0.3) is 0 Å². The molecule has 1 aliphatic carbocycles. The predicted molar refractivity (Wildman–Crippen MR) is 86.0 cm³/mol. The van der Waals surface area contributed by atoms with Crippen LogP contribution in [0.25, 0.3) is 0 Å². The lowest BCUT2D eigenvalue weighted by Crippen LogP contribution is -2.45. The van der Waals surface area contributed by atoms with Crippen LogP contribution in [0.5, 0.6) is 0 Å². The molecule has 6 nitrogen and oxygen atoms in total. The van der Waals surface area contributed by atoms with Crippen molar-refractivity contribution in [1.82, 2.24) is 0 Å². The lowest BCUT2D eigenvalue weighted by molar-refractivity contribution is -0.0602. The largest absolute Gasteiger partial charge is 0.396 e. The Morgan fingerprint density at radius 2 is 1.55 bits per heavy atom. The fourth-order valence-electron chi connectivity index (χ4n) is 2.65. The minimum absolute atomic E-state index is 0.120. The zero-order valence-corrected chi connectivity index (χ0v) is 13.6. The van der Waals surface area contributed by atoms with E-state index in [0.717, 1.165) is 0 Å². The summed E-state index contributed by atoms with van der Waals surface area (Å²) in [5.74, 6) is -0.713. The molecule has 22 heavy (non-hydrogen) atoms. The minimum atomic E-state index is -1.28. The van der Waals surface area contributed by atoms with E-state index in [1.54, 1.807) is 0 Å². The van der Waals surface area contributed by atoms with Crippen molar-refractivity contribution in [2.75, 3.05) is 13.2 Å².